The highest BCUT2D eigenvalue weighted by Gasteiger charge is 2.68. The molecule has 5 rings (SSSR count). The average molecular weight is 614 g/mol. The van der Waals surface area contributed by atoms with Crippen molar-refractivity contribution in [2.45, 2.75) is 30.9 Å². The maximum absolute atomic E-state index is 14.0. The predicted molar refractivity (Wildman–Crippen MR) is 162 cm³/mol. The van der Waals surface area contributed by atoms with Crippen molar-refractivity contribution in [2.75, 3.05) is 12.4 Å². The number of ketones is 1. The van der Waals surface area contributed by atoms with E-state index in [0.29, 0.717) is 22.3 Å². The maximum atomic E-state index is 14.0. The number of benzene rings is 3. The molecule has 0 bridgehead atoms. The first-order valence-electron chi connectivity index (χ1n) is 13.6. The molecule has 44 heavy (non-hydrogen) atoms. The average Bonchev–Trinajstić information content (AvgIpc) is 3.03. The number of ether oxygens (including phenoxy) is 2. The quantitative estimate of drug-likeness (QED) is 0.0811. The number of rotatable bonds is 10. The van der Waals surface area contributed by atoms with E-state index in [1.165, 1.54) is 61.0 Å². The Bertz CT molecular complexity index is 1640. The van der Waals surface area contributed by atoms with Crippen molar-refractivity contribution in [1.29, 1.82) is 0 Å². The fourth-order valence-electron chi connectivity index (χ4n) is 5.03. The highest BCUT2D eigenvalue weighted by Crippen LogP contribution is 2.49. The Morgan fingerprint density at radius 1 is 1.02 bits per heavy atom. The summed E-state index contributed by atoms with van der Waals surface area (Å²) in [5.74, 6) is -2.49. The lowest BCUT2D eigenvalue weighted by Gasteiger charge is -2.54. The second kappa shape index (κ2) is 12.6. The van der Waals surface area contributed by atoms with Crippen LogP contribution in [0, 0.1) is 10.1 Å². The van der Waals surface area contributed by atoms with E-state index in [4.69, 9.17) is 9.47 Å². The number of carbonyl (C=O) groups excluding carboxylic acids is 4. The molecule has 1 amide bonds. The summed E-state index contributed by atoms with van der Waals surface area (Å²) in [6, 6.07) is 23.7. The number of hydrogen-bond donors (Lipinski definition) is 0. The Morgan fingerprint density at radius 2 is 1.61 bits per heavy atom. The molecule has 0 aliphatic carbocycles. The molecule has 1 fully saturated rings. The Kier molecular flexibility index (Phi) is 8.72. The van der Waals surface area contributed by atoms with Crippen LogP contribution in [0.2, 0.25) is 0 Å². The van der Waals surface area contributed by atoms with Crippen LogP contribution in [0.3, 0.4) is 0 Å². The Hall–Kier alpha value is -5.10. The second-order valence-corrected chi connectivity index (χ2v) is 11.2. The standard InChI is InChI=1S/C32H27N3O8S/c1-20(36)32(33-17-22-13-15-26(16-14-22)35(40)41)30(39)34-27(25(18-42-21(2)37)19-44-31(32)34)29(38)43-28(23-9-5-3-6-10-23)24-11-7-4-8-12-24/h3-17,28,31H,18-19H2,1-2H3/t31-,32+/m1/s1. The molecule has 3 aromatic rings. The topological polar surface area (TPSA) is 145 Å². The molecule has 0 saturated carbocycles. The van der Waals surface area contributed by atoms with Gasteiger partial charge in [-0.25, -0.2) is 4.79 Å². The minimum absolute atomic E-state index is 0.0979. The van der Waals surface area contributed by atoms with Gasteiger partial charge in [-0.05, 0) is 35.7 Å². The third-order valence-corrected chi connectivity index (χ3v) is 8.64. The third-order valence-electron chi connectivity index (χ3n) is 7.26. The number of aliphatic imine (C=N–C) groups is 1. The molecule has 11 nitrogen and oxygen atoms in total. The zero-order valence-corrected chi connectivity index (χ0v) is 24.6. The van der Waals surface area contributed by atoms with E-state index in [1.807, 2.05) is 60.7 Å². The van der Waals surface area contributed by atoms with Crippen LogP contribution >= 0.6 is 11.8 Å². The summed E-state index contributed by atoms with van der Waals surface area (Å²) in [4.78, 5) is 68.6. The van der Waals surface area contributed by atoms with Crippen molar-refractivity contribution >= 4 is 47.3 Å². The van der Waals surface area contributed by atoms with Gasteiger partial charge >= 0.3 is 11.9 Å². The highest BCUT2D eigenvalue weighted by atomic mass is 32.2. The number of nitro benzene ring substituents is 1. The molecule has 2 aliphatic heterocycles. The summed E-state index contributed by atoms with van der Waals surface area (Å²) < 4.78 is 11.3. The van der Waals surface area contributed by atoms with Gasteiger partial charge < -0.3 is 9.47 Å². The van der Waals surface area contributed by atoms with E-state index >= 15 is 0 Å². The number of nitrogens with zero attached hydrogens (tertiary/aromatic N) is 3. The van der Waals surface area contributed by atoms with Gasteiger partial charge in [-0.15, -0.1) is 11.8 Å². The molecule has 1 saturated heterocycles. The molecular weight excluding hydrogens is 586 g/mol. The van der Waals surface area contributed by atoms with Gasteiger partial charge in [0.1, 0.15) is 17.7 Å². The van der Waals surface area contributed by atoms with E-state index in [1.54, 1.807) is 0 Å². The van der Waals surface area contributed by atoms with E-state index in [0.717, 1.165) is 0 Å². The monoisotopic (exact) mass is 613 g/mol. The molecular formula is C32H27N3O8S. The number of amides is 1. The third kappa shape index (κ3) is 5.76. The van der Waals surface area contributed by atoms with Crippen LogP contribution in [0.15, 0.2) is 101 Å². The van der Waals surface area contributed by atoms with Crippen molar-refractivity contribution in [3.63, 3.8) is 0 Å². The Balaban J connectivity index is 1.50. The molecule has 0 radical (unpaired) electrons. The first-order valence-corrected chi connectivity index (χ1v) is 14.6. The molecule has 224 valence electrons. The number of non-ortho nitro benzene ring substituents is 1. The van der Waals surface area contributed by atoms with Gasteiger partial charge in [-0.1, -0.05) is 60.7 Å². The highest BCUT2D eigenvalue weighted by molar-refractivity contribution is 8.00. The maximum Gasteiger partial charge on any atom is 0.356 e. The van der Waals surface area contributed by atoms with E-state index in [-0.39, 0.29) is 23.7 Å². The lowest BCUT2D eigenvalue weighted by molar-refractivity contribution is -0.384. The molecule has 12 heteroatoms. The number of thioether (sulfide) groups is 1. The van der Waals surface area contributed by atoms with Gasteiger partial charge in [0.15, 0.2) is 11.9 Å². The van der Waals surface area contributed by atoms with Crippen molar-refractivity contribution in [3.05, 3.63) is 123 Å². The summed E-state index contributed by atoms with van der Waals surface area (Å²) in [6.07, 6.45) is 0.507. The zero-order valence-electron chi connectivity index (χ0n) is 23.7. The number of β-lactam (4-membered cyclic amide) rings is 1. The van der Waals surface area contributed by atoms with Crippen molar-refractivity contribution in [3.8, 4) is 0 Å². The number of fused-ring (bicyclic) bond motifs is 1. The minimum atomic E-state index is -1.83. The first kappa shape index (κ1) is 30.4. The van der Waals surface area contributed by atoms with Crippen molar-refractivity contribution < 1.29 is 33.6 Å². The summed E-state index contributed by atoms with van der Waals surface area (Å²) in [5.41, 5.74) is 0.171. The van der Waals surface area contributed by atoms with Crippen LogP contribution in [0.4, 0.5) is 5.69 Å². The lowest BCUT2D eigenvalue weighted by Crippen LogP contribution is -2.75. The van der Waals surface area contributed by atoms with Crippen LogP contribution in [0.1, 0.15) is 36.6 Å². The summed E-state index contributed by atoms with van der Waals surface area (Å²) >= 11 is 1.21. The molecule has 0 unspecified atom stereocenters. The van der Waals surface area contributed by atoms with E-state index in [2.05, 4.69) is 4.99 Å². The summed E-state index contributed by atoms with van der Waals surface area (Å²) in [7, 11) is 0. The Morgan fingerprint density at radius 3 is 2.14 bits per heavy atom. The lowest BCUT2D eigenvalue weighted by atomic mass is 9.83. The van der Waals surface area contributed by atoms with Gasteiger partial charge in [0, 0.05) is 36.6 Å². The molecule has 2 aliphatic rings. The van der Waals surface area contributed by atoms with Crippen LogP contribution in [-0.4, -0.2) is 62.9 Å². The van der Waals surface area contributed by atoms with Crippen LogP contribution < -0.4 is 0 Å². The number of esters is 2. The Labute approximate surface area is 256 Å². The zero-order chi connectivity index (χ0) is 31.4. The molecule has 2 heterocycles. The van der Waals surface area contributed by atoms with Crippen molar-refractivity contribution in [1.82, 2.24) is 4.90 Å². The summed E-state index contributed by atoms with van der Waals surface area (Å²) in [6.45, 7) is 2.24. The smallest absolute Gasteiger partial charge is 0.356 e. The fourth-order valence-corrected chi connectivity index (χ4v) is 6.53. The van der Waals surface area contributed by atoms with Crippen LogP contribution in [0.25, 0.3) is 0 Å². The van der Waals surface area contributed by atoms with E-state index < -0.39 is 45.6 Å². The van der Waals surface area contributed by atoms with Gasteiger partial charge in [-0.3, -0.25) is 34.4 Å². The van der Waals surface area contributed by atoms with Crippen LogP contribution in [0.5, 0.6) is 0 Å². The SMILES string of the molecule is CC(=O)OCC1=C(C(=O)OC(c2ccccc2)c2ccccc2)N2C(=O)[C@@](N=Cc3ccc([N+](=O)[O-])cc3)(C(C)=O)[C@H]2SC1. The molecule has 0 aromatic heterocycles. The molecule has 0 spiro atoms. The molecule has 2 atom stereocenters. The number of hydrogen-bond acceptors (Lipinski definition) is 10. The first-order chi connectivity index (χ1) is 21.1. The largest absolute Gasteiger partial charge is 0.461 e. The van der Waals surface area contributed by atoms with Gasteiger partial charge in [0.2, 0.25) is 5.54 Å². The normalized spacial score (nSPS) is 19.4. The summed E-state index contributed by atoms with van der Waals surface area (Å²) in [5, 5.41) is 10.1. The van der Waals surface area contributed by atoms with Gasteiger partial charge in [-0.2, -0.15) is 0 Å². The second-order valence-electron chi connectivity index (χ2n) is 10.1. The minimum Gasteiger partial charge on any atom is -0.461 e. The van der Waals surface area contributed by atoms with Crippen LogP contribution in [-0.2, 0) is 28.7 Å². The number of nitro groups is 1. The molecule has 0 N–H and O–H groups in total. The van der Waals surface area contributed by atoms with Gasteiger partial charge in [0.25, 0.3) is 11.6 Å². The number of Topliss-reactive ketones (excluding diaryl/α,β-unsaturated/α-hetero) is 1. The van der Waals surface area contributed by atoms with E-state index in [9.17, 15) is 29.3 Å². The van der Waals surface area contributed by atoms with Crippen molar-refractivity contribution in [2.24, 2.45) is 4.99 Å². The fraction of sp³-hybridized carbons (Fsp3) is 0.219. The molecule has 3 aromatic carbocycles. The number of carbonyl (C=O) groups is 4. The van der Waals surface area contributed by atoms with Gasteiger partial charge in [0.05, 0.1) is 4.92 Å². The predicted octanol–water partition coefficient (Wildman–Crippen LogP) is 4.41.